The van der Waals surface area contributed by atoms with Gasteiger partial charge in [-0.15, -0.1) is 0 Å². The van der Waals surface area contributed by atoms with Crippen molar-refractivity contribution in [3.8, 4) is 5.69 Å². The van der Waals surface area contributed by atoms with Crippen molar-refractivity contribution in [2.75, 3.05) is 5.32 Å². The van der Waals surface area contributed by atoms with Crippen molar-refractivity contribution in [1.29, 1.82) is 0 Å². The fourth-order valence-corrected chi connectivity index (χ4v) is 3.76. The monoisotopic (exact) mass is 402 g/mol. The van der Waals surface area contributed by atoms with E-state index in [0.717, 1.165) is 41.8 Å². The Balaban J connectivity index is 1.50. The van der Waals surface area contributed by atoms with Crippen LogP contribution >= 0.6 is 0 Å². The van der Waals surface area contributed by atoms with Crippen molar-refractivity contribution in [3.63, 3.8) is 0 Å². The van der Waals surface area contributed by atoms with E-state index in [4.69, 9.17) is 0 Å². The minimum Gasteiger partial charge on any atom is -0.341 e. The third-order valence-electron chi connectivity index (χ3n) is 5.62. The number of aromatic nitrogens is 2. The lowest BCUT2D eigenvalue weighted by Crippen LogP contribution is -2.42. The molecule has 1 aliphatic carbocycles. The van der Waals surface area contributed by atoms with Crippen molar-refractivity contribution in [2.24, 2.45) is 5.92 Å². The van der Waals surface area contributed by atoms with Gasteiger partial charge < -0.3 is 10.6 Å². The Labute approximate surface area is 176 Å². The van der Waals surface area contributed by atoms with Crippen LogP contribution in [-0.2, 0) is 9.59 Å². The van der Waals surface area contributed by atoms with Crippen LogP contribution in [0.1, 0.15) is 42.1 Å². The van der Waals surface area contributed by atoms with Crippen molar-refractivity contribution in [2.45, 2.75) is 39.2 Å². The molecule has 2 amide bonds. The van der Waals surface area contributed by atoms with Gasteiger partial charge in [-0.3, -0.25) is 9.59 Å². The topological polar surface area (TPSA) is 76.0 Å². The van der Waals surface area contributed by atoms with Gasteiger partial charge in [0.05, 0.1) is 17.4 Å². The summed E-state index contributed by atoms with van der Waals surface area (Å²) in [6.45, 7) is 3.86. The predicted molar refractivity (Wildman–Crippen MR) is 116 cm³/mol. The van der Waals surface area contributed by atoms with E-state index in [1.807, 2.05) is 68.4 Å². The highest BCUT2D eigenvalue weighted by Gasteiger charge is 2.31. The maximum Gasteiger partial charge on any atom is 0.314 e. The van der Waals surface area contributed by atoms with Crippen LogP contribution in [0, 0.1) is 19.8 Å². The Kier molecular flexibility index (Phi) is 5.65. The molecule has 1 saturated carbocycles. The molecule has 6 nitrogen and oxygen atoms in total. The van der Waals surface area contributed by atoms with Crippen molar-refractivity contribution in [1.82, 2.24) is 15.1 Å². The van der Waals surface area contributed by atoms with E-state index in [2.05, 4.69) is 15.7 Å². The predicted octanol–water partition coefficient (Wildman–Crippen LogP) is 4.09. The standard InChI is InChI=1S/C24H26N4O2/c1-16-11-13-20(14-12-16)28-21(15-17(2)27-28)25-23(29)24(30)26-22(19-9-6-10-19)18-7-4-3-5-8-18/h3-5,7-8,11-15,19,22H,6,9-10H2,1-2H3,(H,25,29)(H,26,30)/t22-/m0/s1. The normalized spacial score (nSPS) is 14.6. The van der Waals surface area contributed by atoms with Crippen LogP contribution in [0.15, 0.2) is 60.7 Å². The summed E-state index contributed by atoms with van der Waals surface area (Å²) >= 11 is 0. The lowest BCUT2D eigenvalue weighted by Gasteiger charge is -2.34. The Bertz CT molecular complexity index is 1040. The van der Waals surface area contributed by atoms with E-state index in [1.54, 1.807) is 10.7 Å². The molecule has 30 heavy (non-hydrogen) atoms. The van der Waals surface area contributed by atoms with Gasteiger partial charge in [-0.05, 0) is 50.3 Å². The van der Waals surface area contributed by atoms with E-state index in [0.29, 0.717) is 11.7 Å². The number of carbonyl (C=O) groups is 2. The Hall–Kier alpha value is -3.41. The van der Waals surface area contributed by atoms with E-state index in [1.165, 1.54) is 0 Å². The van der Waals surface area contributed by atoms with Crippen molar-refractivity contribution < 1.29 is 9.59 Å². The summed E-state index contributed by atoms with van der Waals surface area (Å²) in [5.41, 5.74) is 3.74. The van der Waals surface area contributed by atoms with Crippen molar-refractivity contribution in [3.05, 3.63) is 77.5 Å². The van der Waals surface area contributed by atoms with Gasteiger partial charge in [0, 0.05) is 6.07 Å². The second-order valence-electron chi connectivity index (χ2n) is 7.93. The fraction of sp³-hybridized carbons (Fsp3) is 0.292. The number of rotatable bonds is 5. The summed E-state index contributed by atoms with van der Waals surface area (Å²) < 4.78 is 1.64. The number of anilines is 1. The molecule has 1 aliphatic rings. The van der Waals surface area contributed by atoms with Crippen LogP contribution in [0.2, 0.25) is 0 Å². The third-order valence-corrected chi connectivity index (χ3v) is 5.62. The van der Waals surface area contributed by atoms with E-state index < -0.39 is 11.8 Å². The first-order valence-corrected chi connectivity index (χ1v) is 10.3. The highest BCUT2D eigenvalue weighted by Crippen LogP contribution is 2.37. The largest absolute Gasteiger partial charge is 0.341 e. The molecule has 1 heterocycles. The number of nitrogens with one attached hydrogen (secondary N) is 2. The quantitative estimate of drug-likeness (QED) is 0.631. The lowest BCUT2D eigenvalue weighted by molar-refractivity contribution is -0.137. The Morgan fingerprint density at radius 1 is 1.00 bits per heavy atom. The number of nitrogens with zero attached hydrogens (tertiary/aromatic N) is 2. The fourth-order valence-electron chi connectivity index (χ4n) is 3.76. The number of amides is 2. The minimum atomic E-state index is -0.691. The van der Waals surface area contributed by atoms with Gasteiger partial charge in [-0.25, -0.2) is 4.68 Å². The van der Waals surface area contributed by atoms with Crippen LogP contribution < -0.4 is 10.6 Å². The van der Waals surface area contributed by atoms with Gasteiger partial charge in [0.15, 0.2) is 0 Å². The zero-order valence-corrected chi connectivity index (χ0v) is 17.3. The molecule has 0 unspecified atom stereocenters. The van der Waals surface area contributed by atoms with E-state index in [-0.39, 0.29) is 6.04 Å². The average molecular weight is 402 g/mol. The molecule has 3 aromatic rings. The summed E-state index contributed by atoms with van der Waals surface area (Å²) in [5.74, 6) is -0.491. The molecule has 1 fully saturated rings. The maximum absolute atomic E-state index is 12.7. The van der Waals surface area contributed by atoms with Crippen molar-refractivity contribution >= 4 is 17.6 Å². The van der Waals surface area contributed by atoms with Gasteiger partial charge >= 0.3 is 11.8 Å². The zero-order chi connectivity index (χ0) is 21.1. The van der Waals surface area contributed by atoms with Crippen LogP contribution in [0.4, 0.5) is 5.82 Å². The summed E-state index contributed by atoms with van der Waals surface area (Å²) in [6.07, 6.45) is 3.27. The molecule has 2 N–H and O–H groups in total. The summed E-state index contributed by atoms with van der Waals surface area (Å²) in [5, 5.41) is 10.1. The molecule has 0 saturated heterocycles. The highest BCUT2D eigenvalue weighted by atomic mass is 16.2. The molecule has 0 aliphatic heterocycles. The smallest absolute Gasteiger partial charge is 0.314 e. The Morgan fingerprint density at radius 2 is 1.70 bits per heavy atom. The van der Waals surface area contributed by atoms with E-state index >= 15 is 0 Å². The molecule has 1 aromatic heterocycles. The Morgan fingerprint density at radius 3 is 2.33 bits per heavy atom. The zero-order valence-electron chi connectivity index (χ0n) is 17.3. The number of hydrogen-bond acceptors (Lipinski definition) is 3. The third kappa shape index (κ3) is 4.27. The molecule has 2 aromatic carbocycles. The number of benzene rings is 2. The molecule has 0 radical (unpaired) electrons. The lowest BCUT2D eigenvalue weighted by atomic mass is 9.77. The van der Waals surface area contributed by atoms with Gasteiger partial charge in [0.2, 0.25) is 0 Å². The second kappa shape index (κ2) is 8.53. The van der Waals surface area contributed by atoms with Crippen LogP contribution in [-0.4, -0.2) is 21.6 Å². The first-order valence-electron chi connectivity index (χ1n) is 10.3. The first kappa shape index (κ1) is 19.9. The highest BCUT2D eigenvalue weighted by molar-refractivity contribution is 6.39. The molecule has 1 atom stereocenters. The van der Waals surface area contributed by atoms with Gasteiger partial charge in [0.25, 0.3) is 0 Å². The number of hydrogen-bond donors (Lipinski definition) is 2. The molecule has 0 spiro atoms. The second-order valence-corrected chi connectivity index (χ2v) is 7.93. The van der Waals surface area contributed by atoms with Gasteiger partial charge in [-0.1, -0.05) is 54.4 Å². The van der Waals surface area contributed by atoms with Gasteiger partial charge in [-0.2, -0.15) is 5.10 Å². The minimum absolute atomic E-state index is 0.151. The molecule has 154 valence electrons. The SMILES string of the molecule is Cc1ccc(-n2nc(C)cc2NC(=O)C(=O)N[C@@H](c2ccccc2)C2CCC2)cc1. The van der Waals surface area contributed by atoms with Gasteiger partial charge in [0.1, 0.15) is 5.82 Å². The summed E-state index contributed by atoms with van der Waals surface area (Å²) in [6, 6.07) is 19.3. The maximum atomic E-state index is 12.7. The molecule has 0 bridgehead atoms. The summed E-state index contributed by atoms with van der Waals surface area (Å²) in [7, 11) is 0. The number of aryl methyl sites for hydroxylation is 2. The average Bonchev–Trinajstić information content (AvgIpc) is 3.07. The summed E-state index contributed by atoms with van der Waals surface area (Å²) in [4.78, 5) is 25.4. The first-order chi connectivity index (χ1) is 14.5. The molecular formula is C24H26N4O2. The van der Waals surface area contributed by atoms with E-state index in [9.17, 15) is 9.59 Å². The van der Waals surface area contributed by atoms with Crippen LogP contribution in [0.3, 0.4) is 0 Å². The molecule has 6 heteroatoms. The number of carbonyl (C=O) groups excluding carboxylic acids is 2. The molecular weight excluding hydrogens is 376 g/mol. The van der Waals surface area contributed by atoms with Crippen LogP contribution in [0.5, 0.6) is 0 Å². The van der Waals surface area contributed by atoms with Crippen LogP contribution in [0.25, 0.3) is 5.69 Å². The molecule has 4 rings (SSSR count).